The van der Waals surface area contributed by atoms with Crippen LogP contribution in [0.3, 0.4) is 0 Å². The number of aromatic nitrogens is 1. The Bertz CT molecular complexity index is 763. The maximum Gasteiger partial charge on any atom is 0.271 e. The van der Waals surface area contributed by atoms with E-state index in [2.05, 4.69) is 21.7 Å². The quantitative estimate of drug-likeness (QED) is 0.721. The van der Waals surface area contributed by atoms with Crippen molar-refractivity contribution in [3.63, 3.8) is 0 Å². The molecule has 3 aliphatic carbocycles. The average molecular weight is 390 g/mol. The number of amides is 1. The molecule has 2 heterocycles. The number of thiazole rings is 1. The Morgan fingerprint density at radius 1 is 1.37 bits per heavy atom. The Kier molecular flexibility index (Phi) is 4.39. The molecular formula is C20H27N3O3S. The van der Waals surface area contributed by atoms with E-state index in [1.165, 1.54) is 17.8 Å². The molecule has 0 radical (unpaired) electrons. The Morgan fingerprint density at radius 3 is 3.15 bits per heavy atom. The number of nitrogens with one attached hydrogen (secondary N) is 2. The lowest BCUT2D eigenvalue weighted by atomic mass is 9.77. The van der Waals surface area contributed by atoms with Gasteiger partial charge in [0.1, 0.15) is 11.5 Å². The first-order valence-corrected chi connectivity index (χ1v) is 11.0. The van der Waals surface area contributed by atoms with E-state index in [0.717, 1.165) is 56.0 Å². The highest BCUT2D eigenvalue weighted by molar-refractivity contribution is 7.13. The molecule has 3 N–H and O–H groups in total. The van der Waals surface area contributed by atoms with E-state index in [0.29, 0.717) is 30.0 Å². The van der Waals surface area contributed by atoms with Crippen LogP contribution >= 0.6 is 11.3 Å². The van der Waals surface area contributed by atoms with E-state index in [4.69, 9.17) is 4.74 Å². The lowest BCUT2D eigenvalue weighted by Gasteiger charge is -2.33. The highest BCUT2D eigenvalue weighted by Gasteiger charge is 2.53. The first-order chi connectivity index (χ1) is 13.1. The highest BCUT2D eigenvalue weighted by atomic mass is 32.1. The van der Waals surface area contributed by atoms with Crippen LogP contribution < -0.4 is 10.6 Å². The molecule has 1 aromatic rings. The molecule has 3 bridgehead atoms. The molecule has 1 aromatic heterocycles. The fourth-order valence-electron chi connectivity index (χ4n) is 5.76. The summed E-state index contributed by atoms with van der Waals surface area (Å²) in [4.78, 5) is 17.2. The number of carbonyl (C=O) groups excluding carboxylic acids is 1. The Hall–Kier alpha value is -1.60. The van der Waals surface area contributed by atoms with Crippen LogP contribution in [0.1, 0.15) is 55.4 Å². The van der Waals surface area contributed by atoms with Gasteiger partial charge >= 0.3 is 0 Å². The van der Waals surface area contributed by atoms with E-state index >= 15 is 0 Å². The van der Waals surface area contributed by atoms with Crippen LogP contribution in [-0.2, 0) is 4.74 Å². The first kappa shape index (κ1) is 17.5. The normalized spacial score (nSPS) is 36.9. The fraction of sp³-hybridized carbons (Fsp3) is 0.700. The van der Waals surface area contributed by atoms with E-state index in [-0.39, 0.29) is 11.9 Å². The Morgan fingerprint density at radius 2 is 2.30 bits per heavy atom. The molecule has 7 heteroatoms. The summed E-state index contributed by atoms with van der Waals surface area (Å²) in [6, 6.07) is 0.164. The molecule has 6 nitrogen and oxygen atoms in total. The molecule has 5 atom stereocenters. The van der Waals surface area contributed by atoms with Gasteiger partial charge in [-0.15, -0.1) is 11.3 Å². The summed E-state index contributed by atoms with van der Waals surface area (Å²) >= 11 is 1.45. The minimum absolute atomic E-state index is 0.0890. The number of aliphatic hydroxyl groups is 1. The molecule has 0 aromatic carbocycles. The zero-order chi connectivity index (χ0) is 18.4. The summed E-state index contributed by atoms with van der Waals surface area (Å²) < 4.78 is 5.48. The molecule has 0 saturated heterocycles. The number of nitrogens with zero attached hydrogens (tertiary/aromatic N) is 1. The predicted octanol–water partition coefficient (Wildman–Crippen LogP) is 2.92. The summed E-state index contributed by atoms with van der Waals surface area (Å²) in [5, 5.41) is 19.8. The van der Waals surface area contributed by atoms with Gasteiger partial charge in [-0.2, -0.15) is 0 Å². The van der Waals surface area contributed by atoms with Gasteiger partial charge in [0.15, 0.2) is 5.13 Å². The monoisotopic (exact) mass is 389 g/mol. The number of hydrogen-bond acceptors (Lipinski definition) is 6. The van der Waals surface area contributed by atoms with Crippen molar-refractivity contribution >= 4 is 22.4 Å². The molecule has 5 rings (SSSR count). The molecule has 3 unspecified atom stereocenters. The number of carbonyl (C=O) groups is 1. The Labute approximate surface area is 163 Å². The zero-order valence-corrected chi connectivity index (χ0v) is 16.3. The van der Waals surface area contributed by atoms with E-state index in [9.17, 15) is 9.90 Å². The third-order valence-corrected chi connectivity index (χ3v) is 7.62. The van der Waals surface area contributed by atoms with Crippen molar-refractivity contribution in [3.8, 4) is 0 Å². The molecular weight excluding hydrogens is 362 g/mol. The fourth-order valence-corrected chi connectivity index (χ4v) is 6.45. The van der Waals surface area contributed by atoms with E-state index in [1.807, 2.05) is 5.38 Å². The summed E-state index contributed by atoms with van der Waals surface area (Å²) in [5.41, 5.74) is 0.00240. The molecule has 146 valence electrons. The number of rotatable bonds is 5. The predicted molar refractivity (Wildman–Crippen MR) is 104 cm³/mol. The second-order valence-corrected chi connectivity index (χ2v) is 9.58. The third-order valence-electron chi connectivity index (χ3n) is 6.82. The Balaban J connectivity index is 1.22. The molecule has 4 aliphatic rings. The van der Waals surface area contributed by atoms with Crippen molar-refractivity contribution in [1.82, 2.24) is 10.3 Å². The van der Waals surface area contributed by atoms with Crippen molar-refractivity contribution in [1.29, 1.82) is 0 Å². The van der Waals surface area contributed by atoms with Crippen molar-refractivity contribution in [3.05, 3.63) is 22.9 Å². The van der Waals surface area contributed by atoms with Crippen molar-refractivity contribution < 1.29 is 14.6 Å². The van der Waals surface area contributed by atoms with Gasteiger partial charge in [-0.25, -0.2) is 4.98 Å². The summed E-state index contributed by atoms with van der Waals surface area (Å²) in [7, 11) is 0. The van der Waals surface area contributed by atoms with Gasteiger partial charge in [0.25, 0.3) is 5.91 Å². The molecule has 27 heavy (non-hydrogen) atoms. The van der Waals surface area contributed by atoms with Gasteiger partial charge in [0, 0.05) is 17.8 Å². The number of fused-ring (bicyclic) bond motifs is 2. The molecule has 0 spiro atoms. The third kappa shape index (κ3) is 3.47. The minimum atomic E-state index is -0.476. The second-order valence-electron chi connectivity index (χ2n) is 8.72. The van der Waals surface area contributed by atoms with Crippen molar-refractivity contribution in [2.24, 2.45) is 17.8 Å². The van der Waals surface area contributed by atoms with E-state index in [1.54, 1.807) is 0 Å². The maximum absolute atomic E-state index is 12.8. The van der Waals surface area contributed by atoms with Crippen LogP contribution in [0, 0.1) is 17.8 Å². The molecule has 1 aliphatic heterocycles. The summed E-state index contributed by atoms with van der Waals surface area (Å²) in [6.07, 6.45) is 9.12. The van der Waals surface area contributed by atoms with Gasteiger partial charge in [0.2, 0.25) is 0 Å². The minimum Gasteiger partial charge on any atom is -0.496 e. The maximum atomic E-state index is 12.8. The topological polar surface area (TPSA) is 83.5 Å². The number of ether oxygens (including phenoxy) is 1. The standard InChI is InChI=1S/C20H27N3O3S/c24-18(17-11-27-19(23-17)21-10-14-2-1-5-26-14)22-16-4-3-12-6-13-8-20(25,7-12)9-15(13)16/h2,11-13,15-16,25H,1,3-10H2,(H,21,23)(H,22,24)/t12?,13?,15?,16-,20-/m0/s1. The molecule has 1 amide bonds. The van der Waals surface area contributed by atoms with Gasteiger partial charge in [-0.3, -0.25) is 4.79 Å². The van der Waals surface area contributed by atoms with E-state index < -0.39 is 5.60 Å². The van der Waals surface area contributed by atoms with Gasteiger partial charge in [-0.1, -0.05) is 0 Å². The number of hydrogen-bond donors (Lipinski definition) is 3. The smallest absolute Gasteiger partial charge is 0.271 e. The average Bonchev–Trinajstić information content (AvgIpc) is 3.34. The lowest BCUT2D eigenvalue weighted by molar-refractivity contribution is -0.00594. The molecule has 3 saturated carbocycles. The van der Waals surface area contributed by atoms with Gasteiger partial charge in [0.05, 0.1) is 18.8 Å². The largest absolute Gasteiger partial charge is 0.496 e. The summed E-state index contributed by atoms with van der Waals surface area (Å²) in [6.45, 7) is 1.36. The van der Waals surface area contributed by atoms with Crippen LogP contribution in [0.25, 0.3) is 0 Å². The van der Waals surface area contributed by atoms with Crippen LogP contribution in [0.5, 0.6) is 0 Å². The first-order valence-electron chi connectivity index (χ1n) is 10.1. The number of anilines is 1. The van der Waals surface area contributed by atoms with Crippen LogP contribution in [0.2, 0.25) is 0 Å². The lowest BCUT2D eigenvalue weighted by Crippen LogP contribution is -2.42. The van der Waals surface area contributed by atoms with Crippen molar-refractivity contribution in [2.45, 2.75) is 56.6 Å². The van der Waals surface area contributed by atoms with Crippen LogP contribution in [0.15, 0.2) is 17.2 Å². The van der Waals surface area contributed by atoms with Crippen LogP contribution in [0.4, 0.5) is 5.13 Å². The van der Waals surface area contributed by atoms with Crippen LogP contribution in [-0.4, -0.2) is 40.8 Å². The zero-order valence-electron chi connectivity index (χ0n) is 15.4. The van der Waals surface area contributed by atoms with Crippen molar-refractivity contribution in [2.75, 3.05) is 18.5 Å². The second kappa shape index (κ2) is 6.78. The molecule has 3 fully saturated rings. The van der Waals surface area contributed by atoms with Gasteiger partial charge < -0.3 is 20.5 Å². The SMILES string of the molecule is O=C(N[C@H]1CCC2CC3C[C@@](O)(C2)CC31)c1csc(NCC2=CCCO2)n1. The highest BCUT2D eigenvalue weighted by Crippen LogP contribution is 2.55. The van der Waals surface area contributed by atoms with Gasteiger partial charge in [-0.05, 0) is 62.4 Å². The summed E-state index contributed by atoms with van der Waals surface area (Å²) in [5.74, 6) is 2.46.